The third-order valence-electron chi connectivity index (χ3n) is 2.66. The van der Waals surface area contributed by atoms with Crippen LogP contribution in [-0.2, 0) is 0 Å². The lowest BCUT2D eigenvalue weighted by molar-refractivity contribution is 0.460. The van der Waals surface area contributed by atoms with Crippen LogP contribution in [0.1, 0.15) is 5.56 Å². The Labute approximate surface area is 104 Å². The van der Waals surface area contributed by atoms with E-state index in [0.29, 0.717) is 17.3 Å². The van der Waals surface area contributed by atoms with Gasteiger partial charge in [-0.25, -0.2) is 4.52 Å². The number of hydrogen-bond acceptors (Lipinski definition) is 4. The van der Waals surface area contributed by atoms with E-state index in [1.165, 1.54) is 0 Å². The van der Waals surface area contributed by atoms with Crippen LogP contribution in [0.5, 0.6) is 11.6 Å². The van der Waals surface area contributed by atoms with Gasteiger partial charge in [-0.2, -0.15) is 10.1 Å². The van der Waals surface area contributed by atoms with Crippen molar-refractivity contribution in [1.29, 1.82) is 0 Å². The van der Waals surface area contributed by atoms with Gasteiger partial charge in [0.05, 0.1) is 6.20 Å². The van der Waals surface area contributed by atoms with E-state index in [9.17, 15) is 0 Å². The lowest BCUT2D eigenvalue weighted by Crippen LogP contribution is -1.95. The van der Waals surface area contributed by atoms with Gasteiger partial charge in [-0.3, -0.25) is 0 Å². The van der Waals surface area contributed by atoms with Gasteiger partial charge in [-0.15, -0.1) is 0 Å². The summed E-state index contributed by atoms with van der Waals surface area (Å²) < 4.78 is 7.41. The lowest BCUT2D eigenvalue weighted by atomic mass is 10.2. The number of aromatic nitrogens is 3. The van der Waals surface area contributed by atoms with Crippen LogP contribution < -0.4 is 10.5 Å². The van der Waals surface area contributed by atoms with Crippen molar-refractivity contribution >= 4 is 11.3 Å². The predicted molar refractivity (Wildman–Crippen MR) is 68.7 cm³/mol. The molecule has 5 heteroatoms. The van der Waals surface area contributed by atoms with Crippen molar-refractivity contribution in [2.24, 2.45) is 0 Å². The maximum Gasteiger partial charge on any atom is 0.222 e. The van der Waals surface area contributed by atoms with Crippen LogP contribution >= 0.6 is 0 Å². The molecule has 3 rings (SSSR count). The SMILES string of the molecule is Cc1ccc(N)cc1Oc1ccn2nccc2n1. The standard InChI is InChI=1S/C13H12N4O/c1-9-2-3-10(14)8-11(9)18-13-5-7-17-12(16-13)4-6-15-17/h2-8H,14H2,1H3. The summed E-state index contributed by atoms with van der Waals surface area (Å²) in [6.07, 6.45) is 3.50. The highest BCUT2D eigenvalue weighted by molar-refractivity contribution is 5.49. The fraction of sp³-hybridized carbons (Fsp3) is 0.0769. The van der Waals surface area contributed by atoms with Gasteiger partial charge < -0.3 is 10.5 Å². The Bertz CT molecular complexity index is 705. The van der Waals surface area contributed by atoms with E-state index >= 15 is 0 Å². The number of anilines is 1. The molecule has 90 valence electrons. The van der Waals surface area contributed by atoms with Crippen LogP contribution in [0.25, 0.3) is 5.65 Å². The number of benzene rings is 1. The van der Waals surface area contributed by atoms with E-state index in [-0.39, 0.29) is 0 Å². The lowest BCUT2D eigenvalue weighted by Gasteiger charge is -2.08. The Hall–Kier alpha value is -2.56. The summed E-state index contributed by atoms with van der Waals surface area (Å²) in [7, 11) is 0. The zero-order valence-electron chi connectivity index (χ0n) is 9.87. The highest BCUT2D eigenvalue weighted by atomic mass is 16.5. The highest BCUT2D eigenvalue weighted by Gasteiger charge is 2.04. The largest absolute Gasteiger partial charge is 0.439 e. The average Bonchev–Trinajstić information content (AvgIpc) is 2.81. The molecule has 0 aliphatic carbocycles. The Morgan fingerprint density at radius 1 is 1.22 bits per heavy atom. The van der Waals surface area contributed by atoms with Crippen molar-refractivity contribution in [2.75, 3.05) is 5.73 Å². The van der Waals surface area contributed by atoms with E-state index in [1.54, 1.807) is 29.0 Å². The first kappa shape index (κ1) is 10.6. The van der Waals surface area contributed by atoms with Gasteiger partial charge in [0.1, 0.15) is 5.75 Å². The van der Waals surface area contributed by atoms with E-state index < -0.39 is 0 Å². The first-order valence-corrected chi connectivity index (χ1v) is 5.57. The molecule has 0 amide bonds. The topological polar surface area (TPSA) is 65.4 Å². The minimum absolute atomic E-state index is 0.525. The normalized spacial score (nSPS) is 10.7. The summed E-state index contributed by atoms with van der Waals surface area (Å²) in [6, 6.07) is 9.14. The summed E-state index contributed by atoms with van der Waals surface area (Å²) in [6.45, 7) is 1.96. The molecule has 2 heterocycles. The number of nitrogen functional groups attached to an aromatic ring is 1. The summed E-state index contributed by atoms with van der Waals surface area (Å²) in [5.41, 5.74) is 8.17. The molecule has 1 aromatic carbocycles. The summed E-state index contributed by atoms with van der Waals surface area (Å²) >= 11 is 0. The Balaban J connectivity index is 1.97. The smallest absolute Gasteiger partial charge is 0.222 e. The second kappa shape index (κ2) is 4.03. The molecule has 0 unspecified atom stereocenters. The number of nitrogens with two attached hydrogens (primary N) is 1. The minimum atomic E-state index is 0.525. The van der Waals surface area contributed by atoms with Gasteiger partial charge in [0.15, 0.2) is 5.65 Å². The fourth-order valence-corrected chi connectivity index (χ4v) is 1.69. The molecule has 0 aliphatic rings. The molecule has 0 fully saturated rings. The summed E-state index contributed by atoms with van der Waals surface area (Å²) in [4.78, 5) is 4.34. The van der Waals surface area contributed by atoms with E-state index in [1.807, 2.05) is 25.1 Å². The maximum absolute atomic E-state index is 5.74. The quantitative estimate of drug-likeness (QED) is 0.698. The number of rotatable bonds is 2. The zero-order valence-corrected chi connectivity index (χ0v) is 9.87. The Morgan fingerprint density at radius 2 is 2.11 bits per heavy atom. The van der Waals surface area contributed by atoms with Crippen LogP contribution in [0.2, 0.25) is 0 Å². The fourth-order valence-electron chi connectivity index (χ4n) is 1.69. The number of ether oxygens (including phenoxy) is 1. The highest BCUT2D eigenvalue weighted by Crippen LogP contribution is 2.25. The van der Waals surface area contributed by atoms with Crippen molar-refractivity contribution in [1.82, 2.24) is 14.6 Å². The van der Waals surface area contributed by atoms with Gasteiger partial charge in [0, 0.05) is 30.1 Å². The van der Waals surface area contributed by atoms with Gasteiger partial charge >= 0.3 is 0 Å². The maximum atomic E-state index is 5.74. The third-order valence-corrected chi connectivity index (χ3v) is 2.66. The molecule has 18 heavy (non-hydrogen) atoms. The van der Waals surface area contributed by atoms with E-state index in [2.05, 4.69) is 10.1 Å². The predicted octanol–water partition coefficient (Wildman–Crippen LogP) is 2.41. The molecule has 0 saturated carbocycles. The number of nitrogens with zero attached hydrogens (tertiary/aromatic N) is 3. The number of aryl methyl sites for hydroxylation is 1. The Kier molecular flexibility index (Phi) is 2.37. The van der Waals surface area contributed by atoms with Crippen LogP contribution in [-0.4, -0.2) is 14.6 Å². The van der Waals surface area contributed by atoms with Crippen LogP contribution in [0, 0.1) is 6.92 Å². The molecular formula is C13H12N4O. The van der Waals surface area contributed by atoms with Crippen LogP contribution in [0.3, 0.4) is 0 Å². The molecule has 0 spiro atoms. The van der Waals surface area contributed by atoms with Crippen molar-refractivity contribution in [2.45, 2.75) is 6.92 Å². The second-order valence-corrected chi connectivity index (χ2v) is 4.03. The van der Waals surface area contributed by atoms with Crippen molar-refractivity contribution in [3.63, 3.8) is 0 Å². The molecule has 0 radical (unpaired) electrons. The molecule has 2 aromatic heterocycles. The monoisotopic (exact) mass is 240 g/mol. The Morgan fingerprint density at radius 3 is 3.00 bits per heavy atom. The minimum Gasteiger partial charge on any atom is -0.439 e. The molecule has 3 aromatic rings. The number of fused-ring (bicyclic) bond motifs is 1. The number of hydrogen-bond donors (Lipinski definition) is 1. The van der Waals surface area contributed by atoms with Crippen molar-refractivity contribution < 1.29 is 4.74 Å². The molecule has 0 atom stereocenters. The molecule has 5 nitrogen and oxygen atoms in total. The van der Waals surface area contributed by atoms with Gasteiger partial charge in [-0.1, -0.05) is 6.07 Å². The molecule has 0 saturated heterocycles. The third kappa shape index (κ3) is 1.86. The molecular weight excluding hydrogens is 228 g/mol. The summed E-state index contributed by atoms with van der Waals surface area (Å²) in [5, 5.41) is 4.08. The summed E-state index contributed by atoms with van der Waals surface area (Å²) in [5.74, 6) is 1.24. The van der Waals surface area contributed by atoms with E-state index in [0.717, 1.165) is 11.2 Å². The van der Waals surface area contributed by atoms with Gasteiger partial charge in [0.25, 0.3) is 0 Å². The first-order valence-electron chi connectivity index (χ1n) is 5.57. The van der Waals surface area contributed by atoms with E-state index in [4.69, 9.17) is 10.5 Å². The second-order valence-electron chi connectivity index (χ2n) is 4.03. The van der Waals surface area contributed by atoms with Crippen LogP contribution in [0.4, 0.5) is 5.69 Å². The molecule has 0 aliphatic heterocycles. The molecule has 0 bridgehead atoms. The first-order chi connectivity index (χ1) is 8.72. The van der Waals surface area contributed by atoms with Crippen molar-refractivity contribution in [3.8, 4) is 11.6 Å². The average molecular weight is 240 g/mol. The van der Waals surface area contributed by atoms with Crippen molar-refractivity contribution in [3.05, 3.63) is 48.3 Å². The van der Waals surface area contributed by atoms with Crippen LogP contribution in [0.15, 0.2) is 42.7 Å². The van der Waals surface area contributed by atoms with Gasteiger partial charge in [-0.05, 0) is 18.6 Å². The zero-order chi connectivity index (χ0) is 12.5. The molecule has 2 N–H and O–H groups in total. The van der Waals surface area contributed by atoms with Gasteiger partial charge in [0.2, 0.25) is 5.88 Å².